The average Bonchev–Trinajstić information content (AvgIpc) is 2.58. The van der Waals surface area contributed by atoms with E-state index in [2.05, 4.69) is 0 Å². The molecule has 1 saturated heterocycles. The van der Waals surface area contributed by atoms with Crippen LogP contribution in [0.2, 0.25) is 0 Å². The number of carbonyl (C=O) groups is 2. The van der Waals surface area contributed by atoms with Crippen molar-refractivity contribution in [3.8, 4) is 0 Å². The van der Waals surface area contributed by atoms with Crippen LogP contribution in [-0.4, -0.2) is 28.5 Å². The summed E-state index contributed by atoms with van der Waals surface area (Å²) < 4.78 is 5.16. The lowest BCUT2D eigenvalue weighted by Gasteiger charge is -2.24. The molecule has 0 unspecified atom stereocenters. The molecule has 1 saturated carbocycles. The van der Waals surface area contributed by atoms with Crippen LogP contribution >= 0.6 is 0 Å². The molecule has 0 bridgehead atoms. The molecule has 2 atom stereocenters. The molecule has 78 valence electrons. The average molecular weight is 197 g/mol. The Balaban J connectivity index is 2.01. The second-order valence-corrected chi connectivity index (χ2v) is 5.01. The van der Waals surface area contributed by atoms with Gasteiger partial charge in [-0.05, 0) is 33.1 Å². The fourth-order valence-corrected chi connectivity index (χ4v) is 1.82. The summed E-state index contributed by atoms with van der Waals surface area (Å²) in [6.07, 6.45) is 1.00. The van der Waals surface area contributed by atoms with Gasteiger partial charge in [-0.1, -0.05) is 0 Å². The lowest BCUT2D eigenvalue weighted by molar-refractivity contribution is -0.128. The molecule has 14 heavy (non-hydrogen) atoms. The predicted octanol–water partition coefficient (Wildman–Crippen LogP) is 1.54. The Morgan fingerprint density at radius 2 is 2.14 bits per heavy atom. The summed E-state index contributed by atoms with van der Waals surface area (Å²) >= 11 is 0. The van der Waals surface area contributed by atoms with Gasteiger partial charge in [0.1, 0.15) is 5.60 Å². The molecule has 1 heterocycles. The smallest absolute Gasteiger partial charge is 0.417 e. The number of likely N-dealkylation sites (tertiary alicyclic amines) is 1. The third-order valence-corrected chi connectivity index (χ3v) is 2.51. The van der Waals surface area contributed by atoms with E-state index >= 15 is 0 Å². The van der Waals surface area contributed by atoms with Gasteiger partial charge in [0, 0.05) is 12.5 Å². The van der Waals surface area contributed by atoms with Crippen molar-refractivity contribution in [1.82, 2.24) is 4.90 Å². The van der Waals surface area contributed by atoms with Gasteiger partial charge in [-0.2, -0.15) is 0 Å². The van der Waals surface area contributed by atoms with Crippen molar-refractivity contribution in [2.45, 2.75) is 45.3 Å². The number of piperidine rings is 1. The molecule has 0 N–H and O–H groups in total. The molecule has 2 amide bonds. The molecule has 0 aromatic rings. The summed E-state index contributed by atoms with van der Waals surface area (Å²) in [4.78, 5) is 24.2. The Bertz CT molecular complexity index is 292. The molecule has 0 aromatic carbocycles. The highest BCUT2D eigenvalue weighted by Gasteiger charge is 2.55. The largest absolute Gasteiger partial charge is 0.443 e. The molecule has 4 nitrogen and oxygen atoms in total. The van der Waals surface area contributed by atoms with Gasteiger partial charge in [-0.15, -0.1) is 0 Å². The quantitative estimate of drug-likeness (QED) is 0.591. The fraction of sp³-hybridized carbons (Fsp3) is 0.800. The van der Waals surface area contributed by atoms with Crippen LogP contribution in [-0.2, 0) is 9.53 Å². The zero-order valence-corrected chi connectivity index (χ0v) is 8.74. The first kappa shape index (κ1) is 9.49. The van der Waals surface area contributed by atoms with E-state index in [1.165, 1.54) is 4.90 Å². The number of hydrogen-bond donors (Lipinski definition) is 0. The standard InChI is InChI=1S/C10H15NO3/c1-10(2,3)14-9(13)11-7-4-6(7)5-8(11)12/h6-7H,4-5H2,1-3H3/t6-,7-/m1/s1. The van der Waals surface area contributed by atoms with Crippen molar-refractivity contribution < 1.29 is 14.3 Å². The predicted molar refractivity (Wildman–Crippen MR) is 49.6 cm³/mol. The van der Waals surface area contributed by atoms with Gasteiger partial charge in [0.25, 0.3) is 0 Å². The van der Waals surface area contributed by atoms with Crippen LogP contribution in [0.5, 0.6) is 0 Å². The van der Waals surface area contributed by atoms with Crippen LogP contribution in [0.15, 0.2) is 0 Å². The van der Waals surface area contributed by atoms with Gasteiger partial charge in [0.15, 0.2) is 0 Å². The Morgan fingerprint density at radius 1 is 1.50 bits per heavy atom. The van der Waals surface area contributed by atoms with Crippen LogP contribution in [0.3, 0.4) is 0 Å². The molecule has 0 aromatic heterocycles. The van der Waals surface area contributed by atoms with Crippen LogP contribution in [0.4, 0.5) is 4.79 Å². The molecule has 2 aliphatic rings. The first-order chi connectivity index (χ1) is 6.38. The number of fused-ring (bicyclic) bond motifs is 1. The van der Waals surface area contributed by atoms with Gasteiger partial charge in [-0.3, -0.25) is 4.79 Å². The number of carbonyl (C=O) groups excluding carboxylic acids is 2. The number of rotatable bonds is 0. The molecule has 4 heteroatoms. The fourth-order valence-electron chi connectivity index (χ4n) is 1.82. The van der Waals surface area contributed by atoms with E-state index < -0.39 is 11.7 Å². The van der Waals surface area contributed by atoms with Crippen molar-refractivity contribution in [3.05, 3.63) is 0 Å². The summed E-state index contributed by atoms with van der Waals surface area (Å²) in [5, 5.41) is 0. The monoisotopic (exact) mass is 197 g/mol. The Morgan fingerprint density at radius 3 is 2.57 bits per heavy atom. The maximum Gasteiger partial charge on any atom is 0.417 e. The first-order valence-electron chi connectivity index (χ1n) is 4.93. The van der Waals surface area contributed by atoms with Crippen LogP contribution in [0.1, 0.15) is 33.6 Å². The molecule has 2 rings (SSSR count). The summed E-state index contributed by atoms with van der Waals surface area (Å²) in [7, 11) is 0. The summed E-state index contributed by atoms with van der Waals surface area (Å²) in [6, 6.07) is 0.136. The SMILES string of the molecule is CC(C)(C)OC(=O)N1C(=O)C[C@H]2C[C@H]21. The zero-order valence-electron chi connectivity index (χ0n) is 8.74. The van der Waals surface area contributed by atoms with Gasteiger partial charge in [0.2, 0.25) is 5.91 Å². The van der Waals surface area contributed by atoms with Gasteiger partial charge >= 0.3 is 6.09 Å². The minimum Gasteiger partial charge on any atom is -0.443 e. The van der Waals surface area contributed by atoms with E-state index in [0.29, 0.717) is 12.3 Å². The van der Waals surface area contributed by atoms with Crippen LogP contribution < -0.4 is 0 Å². The molecular formula is C10H15NO3. The van der Waals surface area contributed by atoms with E-state index in [1.54, 1.807) is 20.8 Å². The van der Waals surface area contributed by atoms with Crippen molar-refractivity contribution in [1.29, 1.82) is 0 Å². The highest BCUT2D eigenvalue weighted by atomic mass is 16.6. The maximum atomic E-state index is 11.6. The highest BCUT2D eigenvalue weighted by Crippen LogP contribution is 2.45. The van der Waals surface area contributed by atoms with E-state index in [4.69, 9.17) is 4.74 Å². The minimum absolute atomic E-state index is 0.0829. The van der Waals surface area contributed by atoms with E-state index in [9.17, 15) is 9.59 Å². The number of amides is 2. The lowest BCUT2D eigenvalue weighted by Crippen LogP contribution is -2.39. The Labute approximate surface area is 83.2 Å². The summed E-state index contributed by atoms with van der Waals surface area (Å²) in [5.74, 6) is 0.329. The zero-order chi connectivity index (χ0) is 10.5. The maximum absolute atomic E-state index is 11.6. The highest BCUT2D eigenvalue weighted by molar-refractivity contribution is 5.95. The van der Waals surface area contributed by atoms with E-state index in [-0.39, 0.29) is 11.9 Å². The molecule has 0 radical (unpaired) electrons. The summed E-state index contributed by atoms with van der Waals surface area (Å²) in [6.45, 7) is 5.40. The summed E-state index contributed by atoms with van der Waals surface area (Å²) in [5.41, 5.74) is -0.523. The van der Waals surface area contributed by atoms with Crippen molar-refractivity contribution in [2.75, 3.05) is 0 Å². The number of nitrogens with zero attached hydrogens (tertiary/aromatic N) is 1. The van der Waals surface area contributed by atoms with Crippen molar-refractivity contribution >= 4 is 12.0 Å². The van der Waals surface area contributed by atoms with Gasteiger partial charge in [-0.25, -0.2) is 9.69 Å². The second kappa shape index (κ2) is 2.72. The van der Waals surface area contributed by atoms with Crippen LogP contribution in [0, 0.1) is 5.92 Å². The van der Waals surface area contributed by atoms with Gasteiger partial charge in [0.05, 0.1) is 0 Å². The first-order valence-corrected chi connectivity index (χ1v) is 4.93. The lowest BCUT2D eigenvalue weighted by atomic mass is 10.2. The van der Waals surface area contributed by atoms with Crippen LogP contribution in [0.25, 0.3) is 0 Å². The third-order valence-electron chi connectivity index (χ3n) is 2.51. The second-order valence-electron chi connectivity index (χ2n) is 5.01. The van der Waals surface area contributed by atoms with Crippen molar-refractivity contribution in [3.63, 3.8) is 0 Å². The van der Waals surface area contributed by atoms with Gasteiger partial charge < -0.3 is 4.74 Å². The molecule has 1 aliphatic carbocycles. The minimum atomic E-state index is -0.523. The Kier molecular flexibility index (Phi) is 1.84. The topological polar surface area (TPSA) is 46.6 Å². The third kappa shape index (κ3) is 1.61. The number of ether oxygens (including phenoxy) is 1. The molecular weight excluding hydrogens is 182 g/mol. The molecule has 2 fully saturated rings. The van der Waals surface area contributed by atoms with E-state index in [0.717, 1.165) is 6.42 Å². The Hall–Kier alpha value is -1.06. The van der Waals surface area contributed by atoms with E-state index in [1.807, 2.05) is 0 Å². The number of hydrogen-bond acceptors (Lipinski definition) is 3. The normalized spacial score (nSPS) is 30.2. The number of imide groups is 1. The molecule has 0 spiro atoms. The molecule has 1 aliphatic heterocycles. The van der Waals surface area contributed by atoms with Crippen molar-refractivity contribution in [2.24, 2.45) is 5.92 Å².